The Labute approximate surface area is 87.9 Å². The first kappa shape index (κ1) is 10.1. The van der Waals surface area contributed by atoms with Crippen LogP contribution >= 0.6 is 0 Å². The summed E-state index contributed by atoms with van der Waals surface area (Å²) in [6.07, 6.45) is 1.62. The van der Waals surface area contributed by atoms with E-state index < -0.39 is 0 Å². The maximum Gasteiger partial charge on any atom is 0.149 e. The van der Waals surface area contributed by atoms with E-state index in [0.29, 0.717) is 5.52 Å². The Morgan fingerprint density at radius 3 is 2.80 bits per heavy atom. The van der Waals surface area contributed by atoms with Crippen molar-refractivity contribution in [3.63, 3.8) is 0 Å². The molecule has 0 spiro atoms. The molecule has 0 aliphatic heterocycles. The predicted octanol–water partition coefficient (Wildman–Crippen LogP) is 2.70. The Bertz CT molecular complexity index is 506. The maximum atomic E-state index is 13.7. The molecule has 2 aromatic rings. The first-order chi connectivity index (χ1) is 7.09. The van der Waals surface area contributed by atoms with Crippen molar-refractivity contribution in [3.05, 3.63) is 41.3 Å². The quantitative estimate of drug-likeness (QED) is 0.775. The molecule has 0 radical (unpaired) electrons. The van der Waals surface area contributed by atoms with E-state index in [0.717, 1.165) is 16.5 Å². The van der Waals surface area contributed by atoms with Crippen LogP contribution in [0.2, 0.25) is 0 Å². The fourth-order valence-corrected chi connectivity index (χ4v) is 1.63. The predicted molar refractivity (Wildman–Crippen MR) is 59.0 cm³/mol. The molecule has 0 saturated carbocycles. The van der Waals surface area contributed by atoms with Crippen LogP contribution in [0.15, 0.2) is 24.4 Å². The minimum Gasteiger partial charge on any atom is -0.324 e. The highest BCUT2D eigenvalue weighted by atomic mass is 19.1. The summed E-state index contributed by atoms with van der Waals surface area (Å²) >= 11 is 0. The number of benzene rings is 1. The number of pyridine rings is 1. The van der Waals surface area contributed by atoms with Crippen LogP contribution in [0.4, 0.5) is 4.39 Å². The second-order valence-electron chi connectivity index (χ2n) is 3.82. The largest absolute Gasteiger partial charge is 0.324 e. The molecule has 3 heteroatoms. The highest BCUT2D eigenvalue weighted by Crippen LogP contribution is 2.23. The van der Waals surface area contributed by atoms with Crippen LogP contribution in [0, 0.1) is 12.7 Å². The fraction of sp³-hybridized carbons (Fsp3) is 0.250. The van der Waals surface area contributed by atoms with Crippen LogP contribution in [-0.2, 0) is 0 Å². The van der Waals surface area contributed by atoms with E-state index >= 15 is 0 Å². The van der Waals surface area contributed by atoms with Crippen molar-refractivity contribution in [3.8, 4) is 0 Å². The number of nitrogens with zero attached hydrogens (tertiary/aromatic N) is 1. The Morgan fingerprint density at radius 1 is 1.40 bits per heavy atom. The summed E-state index contributed by atoms with van der Waals surface area (Å²) in [5, 5.41) is 0.838. The van der Waals surface area contributed by atoms with Gasteiger partial charge in [0.15, 0.2) is 0 Å². The number of rotatable bonds is 1. The van der Waals surface area contributed by atoms with Gasteiger partial charge in [0.2, 0.25) is 0 Å². The lowest BCUT2D eigenvalue weighted by atomic mass is 10.0. The molecule has 0 fully saturated rings. The summed E-state index contributed by atoms with van der Waals surface area (Å²) in [5.74, 6) is -0.302. The van der Waals surface area contributed by atoms with E-state index in [1.807, 2.05) is 26.0 Å². The van der Waals surface area contributed by atoms with Gasteiger partial charge in [0.1, 0.15) is 11.3 Å². The molecule has 1 aromatic heterocycles. The van der Waals surface area contributed by atoms with Gasteiger partial charge in [-0.15, -0.1) is 0 Å². The number of aromatic nitrogens is 1. The maximum absolute atomic E-state index is 13.7. The zero-order chi connectivity index (χ0) is 11.0. The van der Waals surface area contributed by atoms with Gasteiger partial charge in [-0.25, -0.2) is 4.39 Å². The van der Waals surface area contributed by atoms with E-state index in [9.17, 15) is 4.39 Å². The van der Waals surface area contributed by atoms with Crippen molar-refractivity contribution in [1.29, 1.82) is 0 Å². The summed E-state index contributed by atoms with van der Waals surface area (Å²) in [6.45, 7) is 3.78. The molecule has 1 heterocycles. The normalized spacial score (nSPS) is 13.1. The lowest BCUT2D eigenvalue weighted by molar-refractivity contribution is 0.631. The van der Waals surface area contributed by atoms with Crippen LogP contribution in [0.25, 0.3) is 10.9 Å². The second-order valence-corrected chi connectivity index (χ2v) is 3.82. The van der Waals surface area contributed by atoms with Crippen molar-refractivity contribution < 1.29 is 4.39 Å². The Morgan fingerprint density at radius 2 is 2.13 bits per heavy atom. The summed E-state index contributed by atoms with van der Waals surface area (Å²) in [7, 11) is 0. The van der Waals surface area contributed by atoms with Gasteiger partial charge in [0.05, 0.1) is 0 Å². The van der Waals surface area contributed by atoms with Gasteiger partial charge in [-0.3, -0.25) is 4.98 Å². The standard InChI is InChI=1S/C12H13FN2/c1-7-3-4-15-12-10(7)5-9(8(2)14)6-11(12)13/h3-6,8H,14H2,1-2H3. The number of hydrogen-bond donors (Lipinski definition) is 1. The molecule has 0 aliphatic carbocycles. The number of nitrogens with two attached hydrogens (primary N) is 1. The monoisotopic (exact) mass is 204 g/mol. The zero-order valence-corrected chi connectivity index (χ0v) is 8.79. The van der Waals surface area contributed by atoms with Gasteiger partial charge in [-0.05, 0) is 43.2 Å². The van der Waals surface area contributed by atoms with Gasteiger partial charge < -0.3 is 5.73 Å². The lowest BCUT2D eigenvalue weighted by Gasteiger charge is -2.09. The summed E-state index contributed by atoms with van der Waals surface area (Å²) in [6, 6.07) is 5.07. The van der Waals surface area contributed by atoms with Gasteiger partial charge in [0.25, 0.3) is 0 Å². The van der Waals surface area contributed by atoms with Crippen molar-refractivity contribution in [2.24, 2.45) is 5.73 Å². The van der Waals surface area contributed by atoms with Crippen LogP contribution in [-0.4, -0.2) is 4.98 Å². The second kappa shape index (κ2) is 3.59. The molecule has 0 aliphatic rings. The minimum absolute atomic E-state index is 0.163. The molecule has 2 rings (SSSR count). The highest BCUT2D eigenvalue weighted by Gasteiger charge is 2.08. The van der Waals surface area contributed by atoms with E-state index in [1.54, 1.807) is 6.20 Å². The SMILES string of the molecule is Cc1ccnc2c(F)cc(C(C)N)cc12. The fourth-order valence-electron chi connectivity index (χ4n) is 1.63. The molecule has 2 N–H and O–H groups in total. The van der Waals surface area contributed by atoms with E-state index in [1.165, 1.54) is 6.07 Å². The van der Waals surface area contributed by atoms with Gasteiger partial charge in [-0.1, -0.05) is 0 Å². The van der Waals surface area contributed by atoms with Crippen LogP contribution in [0.5, 0.6) is 0 Å². The van der Waals surface area contributed by atoms with E-state index in [4.69, 9.17) is 5.73 Å². The molecular weight excluding hydrogens is 191 g/mol. The smallest absolute Gasteiger partial charge is 0.149 e. The van der Waals surface area contributed by atoms with Crippen LogP contribution in [0.1, 0.15) is 24.1 Å². The highest BCUT2D eigenvalue weighted by molar-refractivity contribution is 5.83. The van der Waals surface area contributed by atoms with Crippen molar-refractivity contribution in [2.45, 2.75) is 19.9 Å². The number of halogens is 1. The number of fused-ring (bicyclic) bond motifs is 1. The van der Waals surface area contributed by atoms with E-state index in [-0.39, 0.29) is 11.9 Å². The van der Waals surface area contributed by atoms with Gasteiger partial charge >= 0.3 is 0 Å². The average molecular weight is 204 g/mol. The van der Waals surface area contributed by atoms with Gasteiger partial charge in [-0.2, -0.15) is 0 Å². The van der Waals surface area contributed by atoms with Crippen molar-refractivity contribution in [2.75, 3.05) is 0 Å². The Kier molecular flexibility index (Phi) is 2.40. The molecule has 15 heavy (non-hydrogen) atoms. The first-order valence-corrected chi connectivity index (χ1v) is 4.90. The topological polar surface area (TPSA) is 38.9 Å². The summed E-state index contributed by atoms with van der Waals surface area (Å²) < 4.78 is 13.7. The first-order valence-electron chi connectivity index (χ1n) is 4.90. The zero-order valence-electron chi connectivity index (χ0n) is 8.79. The Balaban J connectivity index is 2.80. The van der Waals surface area contributed by atoms with Crippen LogP contribution in [0.3, 0.4) is 0 Å². The lowest BCUT2D eigenvalue weighted by Crippen LogP contribution is -2.05. The molecule has 2 nitrogen and oxygen atoms in total. The molecule has 0 bridgehead atoms. The number of aryl methyl sites for hydroxylation is 1. The minimum atomic E-state index is -0.302. The molecule has 1 unspecified atom stereocenters. The third-order valence-corrected chi connectivity index (χ3v) is 2.56. The Hall–Kier alpha value is -1.48. The van der Waals surface area contributed by atoms with E-state index in [2.05, 4.69) is 4.98 Å². The molecule has 78 valence electrons. The summed E-state index contributed by atoms with van der Waals surface area (Å²) in [5.41, 5.74) is 7.97. The summed E-state index contributed by atoms with van der Waals surface area (Å²) in [4.78, 5) is 4.03. The van der Waals surface area contributed by atoms with Crippen molar-refractivity contribution in [1.82, 2.24) is 4.98 Å². The average Bonchev–Trinajstić information content (AvgIpc) is 2.19. The molecular formula is C12H13FN2. The molecule has 1 atom stereocenters. The van der Waals surface area contributed by atoms with Crippen LogP contribution < -0.4 is 5.73 Å². The third kappa shape index (κ3) is 1.70. The molecule has 1 aromatic carbocycles. The number of hydrogen-bond acceptors (Lipinski definition) is 2. The van der Waals surface area contributed by atoms with Crippen molar-refractivity contribution >= 4 is 10.9 Å². The third-order valence-electron chi connectivity index (χ3n) is 2.56. The van der Waals surface area contributed by atoms with Gasteiger partial charge in [0, 0.05) is 17.6 Å². The molecule has 0 saturated heterocycles. The molecule has 0 amide bonds.